The lowest BCUT2D eigenvalue weighted by molar-refractivity contribution is -0.119. The molecule has 0 aromatic carbocycles. The van der Waals surface area contributed by atoms with Crippen molar-refractivity contribution in [2.45, 2.75) is 26.2 Å². The summed E-state index contributed by atoms with van der Waals surface area (Å²) in [7, 11) is 0. The summed E-state index contributed by atoms with van der Waals surface area (Å²) in [5.74, 6) is 0.865. The van der Waals surface area contributed by atoms with E-state index in [1.165, 1.54) is 19.8 Å². The van der Waals surface area contributed by atoms with Crippen molar-refractivity contribution >= 4 is 5.91 Å². The molecule has 0 aliphatic heterocycles. The van der Waals surface area contributed by atoms with Crippen LogP contribution >= 0.6 is 0 Å². The lowest BCUT2D eigenvalue weighted by Crippen LogP contribution is -2.12. The quantitative estimate of drug-likeness (QED) is 0.553. The second-order valence-electron chi connectivity index (χ2n) is 2.63. The Kier molecular flexibility index (Phi) is 2.09. The summed E-state index contributed by atoms with van der Waals surface area (Å²) >= 11 is 0. The largest absolute Gasteiger partial charge is 0.273 e. The molecule has 0 bridgehead atoms. The maximum Gasteiger partial charge on any atom is 0.238 e. The van der Waals surface area contributed by atoms with E-state index in [1.807, 2.05) is 0 Å². The van der Waals surface area contributed by atoms with Crippen LogP contribution in [0.5, 0.6) is 0 Å². The molecule has 0 aromatic heterocycles. The van der Waals surface area contributed by atoms with E-state index in [0.29, 0.717) is 0 Å². The van der Waals surface area contributed by atoms with Crippen LogP contribution in [-0.4, -0.2) is 12.5 Å². The number of carbonyl (C=O) groups excluding carboxylic acids is 1. The van der Waals surface area contributed by atoms with Gasteiger partial charge in [0, 0.05) is 13.5 Å². The average molecular weight is 126 g/mol. The number of hydrogen-bond donors (Lipinski definition) is 0. The third kappa shape index (κ3) is 3.12. The molecular formula is C7H12NO. The van der Waals surface area contributed by atoms with E-state index >= 15 is 0 Å². The van der Waals surface area contributed by atoms with E-state index in [0.717, 1.165) is 18.9 Å². The second-order valence-corrected chi connectivity index (χ2v) is 2.63. The number of nitrogens with zero attached hydrogens (tertiary/aromatic N) is 1. The molecule has 0 spiro atoms. The summed E-state index contributed by atoms with van der Waals surface area (Å²) in [6.45, 7) is 2.26. The Morgan fingerprint density at radius 2 is 2.33 bits per heavy atom. The molecule has 0 aromatic rings. The molecule has 51 valence electrons. The van der Waals surface area contributed by atoms with Gasteiger partial charge in [-0.15, -0.1) is 0 Å². The van der Waals surface area contributed by atoms with Gasteiger partial charge in [-0.1, -0.05) is 12.8 Å². The first-order valence-corrected chi connectivity index (χ1v) is 3.47. The highest BCUT2D eigenvalue weighted by atomic mass is 16.1. The minimum absolute atomic E-state index is 0.0318. The first kappa shape index (κ1) is 6.59. The first-order valence-electron chi connectivity index (χ1n) is 3.47. The van der Waals surface area contributed by atoms with Gasteiger partial charge in [0.25, 0.3) is 0 Å². The third-order valence-corrected chi connectivity index (χ3v) is 1.57. The highest BCUT2D eigenvalue weighted by molar-refractivity contribution is 5.72. The maximum atomic E-state index is 10.3. The second kappa shape index (κ2) is 2.85. The van der Waals surface area contributed by atoms with Crippen LogP contribution in [0.1, 0.15) is 26.2 Å². The van der Waals surface area contributed by atoms with Crippen molar-refractivity contribution < 1.29 is 4.79 Å². The van der Waals surface area contributed by atoms with Crippen molar-refractivity contribution in [3.63, 3.8) is 0 Å². The molecule has 0 unspecified atom stereocenters. The zero-order chi connectivity index (χ0) is 6.69. The Morgan fingerprint density at radius 3 is 2.78 bits per heavy atom. The predicted molar refractivity (Wildman–Crippen MR) is 35.0 cm³/mol. The monoisotopic (exact) mass is 126 g/mol. The Morgan fingerprint density at radius 1 is 1.67 bits per heavy atom. The highest BCUT2D eigenvalue weighted by Crippen LogP contribution is 2.31. The van der Waals surface area contributed by atoms with Gasteiger partial charge >= 0.3 is 0 Å². The molecule has 1 aliphatic rings. The van der Waals surface area contributed by atoms with Crippen molar-refractivity contribution in [3.05, 3.63) is 0 Å². The fourth-order valence-electron chi connectivity index (χ4n) is 0.811. The SMILES string of the molecule is CC(=O)[N]CCC1CC1. The van der Waals surface area contributed by atoms with Gasteiger partial charge < -0.3 is 0 Å². The molecule has 0 atom stereocenters. The summed E-state index contributed by atoms with van der Waals surface area (Å²) in [5, 5.41) is 3.77. The summed E-state index contributed by atoms with van der Waals surface area (Å²) in [6.07, 6.45) is 3.83. The van der Waals surface area contributed by atoms with Crippen LogP contribution in [0.15, 0.2) is 0 Å². The van der Waals surface area contributed by atoms with E-state index in [1.54, 1.807) is 0 Å². The molecule has 9 heavy (non-hydrogen) atoms. The molecule has 1 fully saturated rings. The molecule has 1 amide bonds. The fourth-order valence-corrected chi connectivity index (χ4v) is 0.811. The zero-order valence-corrected chi connectivity index (χ0v) is 5.76. The molecule has 1 saturated carbocycles. The topological polar surface area (TPSA) is 31.2 Å². The summed E-state index contributed by atoms with van der Waals surface area (Å²) in [4.78, 5) is 10.3. The van der Waals surface area contributed by atoms with E-state index in [2.05, 4.69) is 5.32 Å². The molecule has 1 rings (SSSR count). The van der Waals surface area contributed by atoms with E-state index in [4.69, 9.17) is 0 Å². The summed E-state index contributed by atoms with van der Waals surface area (Å²) < 4.78 is 0. The van der Waals surface area contributed by atoms with Gasteiger partial charge in [-0.3, -0.25) is 10.1 Å². The lowest BCUT2D eigenvalue weighted by Gasteiger charge is -1.94. The Hall–Kier alpha value is -0.530. The molecule has 0 saturated heterocycles. The summed E-state index contributed by atoms with van der Waals surface area (Å²) in [6, 6.07) is 0. The van der Waals surface area contributed by atoms with Gasteiger partial charge in [0.1, 0.15) is 0 Å². The predicted octanol–water partition coefficient (Wildman–Crippen LogP) is 0.937. The van der Waals surface area contributed by atoms with E-state index in [-0.39, 0.29) is 5.91 Å². The number of rotatable bonds is 3. The van der Waals surface area contributed by atoms with Gasteiger partial charge in [0.2, 0.25) is 5.91 Å². The molecular weight excluding hydrogens is 114 g/mol. The fraction of sp³-hybridized carbons (Fsp3) is 0.857. The molecule has 0 heterocycles. The van der Waals surface area contributed by atoms with E-state index in [9.17, 15) is 4.79 Å². The number of hydrogen-bond acceptors (Lipinski definition) is 1. The van der Waals surface area contributed by atoms with Gasteiger partial charge in [-0.05, 0) is 12.3 Å². The van der Waals surface area contributed by atoms with Crippen molar-refractivity contribution in [1.82, 2.24) is 5.32 Å². The molecule has 0 N–H and O–H groups in total. The Balaban J connectivity index is 1.86. The smallest absolute Gasteiger partial charge is 0.238 e. The first-order chi connectivity index (χ1) is 4.29. The van der Waals surface area contributed by atoms with Gasteiger partial charge in [0.15, 0.2) is 0 Å². The van der Waals surface area contributed by atoms with E-state index < -0.39 is 0 Å². The zero-order valence-electron chi connectivity index (χ0n) is 5.76. The van der Waals surface area contributed by atoms with Crippen LogP contribution in [-0.2, 0) is 4.79 Å². The van der Waals surface area contributed by atoms with Crippen LogP contribution in [0.3, 0.4) is 0 Å². The summed E-state index contributed by atoms with van der Waals surface area (Å²) in [5.41, 5.74) is 0. The van der Waals surface area contributed by atoms with Crippen molar-refractivity contribution in [3.8, 4) is 0 Å². The standard InChI is InChI=1S/C7H12NO/c1-6(9)8-5-4-7-2-3-7/h7H,2-5H2,1H3. The van der Waals surface area contributed by atoms with Crippen LogP contribution in [0.25, 0.3) is 0 Å². The third-order valence-electron chi connectivity index (χ3n) is 1.57. The molecule has 2 nitrogen and oxygen atoms in total. The molecule has 2 heteroatoms. The normalized spacial score (nSPS) is 17.4. The van der Waals surface area contributed by atoms with Crippen molar-refractivity contribution in [2.24, 2.45) is 5.92 Å². The Labute approximate surface area is 55.6 Å². The molecule has 1 aliphatic carbocycles. The lowest BCUT2D eigenvalue weighted by atomic mass is 10.3. The van der Waals surface area contributed by atoms with Crippen LogP contribution in [0, 0.1) is 5.92 Å². The number of amides is 1. The minimum Gasteiger partial charge on any atom is -0.273 e. The van der Waals surface area contributed by atoms with Crippen LogP contribution < -0.4 is 5.32 Å². The average Bonchev–Trinajstić information content (AvgIpc) is 2.48. The highest BCUT2D eigenvalue weighted by Gasteiger charge is 2.20. The van der Waals surface area contributed by atoms with Gasteiger partial charge in [0.05, 0.1) is 0 Å². The van der Waals surface area contributed by atoms with Gasteiger partial charge in [-0.25, -0.2) is 0 Å². The van der Waals surface area contributed by atoms with Gasteiger partial charge in [-0.2, -0.15) is 0 Å². The maximum absolute atomic E-state index is 10.3. The van der Waals surface area contributed by atoms with Crippen molar-refractivity contribution in [2.75, 3.05) is 6.54 Å². The Bertz CT molecular complexity index is 107. The van der Waals surface area contributed by atoms with Crippen molar-refractivity contribution in [1.29, 1.82) is 0 Å². The number of carbonyl (C=O) groups is 1. The molecule has 1 radical (unpaired) electrons. The minimum atomic E-state index is -0.0318. The van der Waals surface area contributed by atoms with Crippen LogP contribution in [0.4, 0.5) is 0 Å². The van der Waals surface area contributed by atoms with Crippen LogP contribution in [0.2, 0.25) is 0 Å².